The third-order valence-corrected chi connectivity index (χ3v) is 119. The van der Waals surface area contributed by atoms with E-state index < -0.39 is 148 Å². The van der Waals surface area contributed by atoms with Crippen molar-refractivity contribution in [2.75, 3.05) is 59.5 Å². The van der Waals surface area contributed by atoms with Crippen LogP contribution in [-0.2, 0) is 32.9 Å². The molecule has 22 nitrogen and oxygen atoms in total. The van der Waals surface area contributed by atoms with Crippen LogP contribution >= 0.6 is 167 Å². The molecule has 2 aliphatic heterocycles. The number of rotatable bonds is 53. The smallest absolute Gasteiger partial charge is 0.470 e. The van der Waals surface area contributed by atoms with Crippen molar-refractivity contribution in [3.05, 3.63) is 265 Å². The summed E-state index contributed by atoms with van der Waals surface area (Å²) in [5.41, 5.74) is 0. The topological polar surface area (TPSA) is 258 Å². The Balaban J connectivity index is 0.000000292. The molecular formula is C89H138Cl9I3O22Si18. The van der Waals surface area contributed by atoms with Crippen molar-refractivity contribution in [1.29, 1.82) is 0 Å². The Morgan fingerprint density at radius 3 is 0.716 bits per heavy atom. The van der Waals surface area contributed by atoms with Crippen LogP contribution in [0.5, 0.6) is 51.7 Å². The van der Waals surface area contributed by atoms with E-state index in [9.17, 15) is 9.59 Å². The van der Waals surface area contributed by atoms with Crippen molar-refractivity contribution >= 4 is 315 Å². The largest absolute Gasteiger partial charge is 0.494 e. The van der Waals surface area contributed by atoms with Crippen LogP contribution < -0.4 is 42.6 Å². The third-order valence-electron chi connectivity index (χ3n) is 20.7. The fourth-order valence-corrected chi connectivity index (χ4v) is 111. The molecule has 782 valence electrons. The number of halogens is 12. The van der Waals surface area contributed by atoms with E-state index in [-0.39, 0.29) is 0 Å². The minimum atomic E-state index is -3.13. The zero-order valence-corrected chi connectivity index (χ0v) is 114. The van der Waals surface area contributed by atoms with E-state index >= 15 is 0 Å². The van der Waals surface area contributed by atoms with E-state index in [0.29, 0.717) is 89.7 Å². The van der Waals surface area contributed by atoms with Crippen molar-refractivity contribution in [3.8, 4) is 51.7 Å². The first-order valence-corrected chi connectivity index (χ1v) is 106. The van der Waals surface area contributed by atoms with Crippen LogP contribution in [0.1, 0.15) is 57.8 Å². The van der Waals surface area contributed by atoms with Crippen LogP contribution in [0.3, 0.4) is 0 Å². The van der Waals surface area contributed by atoms with Gasteiger partial charge in [0.05, 0.1) is 59.5 Å². The van der Waals surface area contributed by atoms with Crippen molar-refractivity contribution < 1.29 is 99.5 Å². The molecule has 9 aromatic carbocycles. The van der Waals surface area contributed by atoms with Crippen LogP contribution in [0.2, 0.25) is 107 Å². The molecule has 0 saturated carbocycles. The maximum Gasteiger partial charge on any atom is 0.470 e. The van der Waals surface area contributed by atoms with Crippen LogP contribution in [0, 0.1) is 10.7 Å². The Hall–Kier alpha value is -0.636. The van der Waals surface area contributed by atoms with Gasteiger partial charge in [-0.15, -0.1) is 99.7 Å². The first-order chi connectivity index (χ1) is 67.3. The van der Waals surface area contributed by atoms with Gasteiger partial charge >= 0.3 is 54.2 Å². The van der Waals surface area contributed by atoms with Crippen molar-refractivity contribution in [3.63, 3.8) is 0 Å². The van der Waals surface area contributed by atoms with Crippen molar-refractivity contribution in [2.24, 2.45) is 0 Å². The first-order valence-electron chi connectivity index (χ1n) is 47.5. The normalized spacial score (nSPS) is 19.5. The van der Waals surface area contributed by atoms with Gasteiger partial charge in [0, 0.05) is 22.8 Å². The van der Waals surface area contributed by atoms with E-state index in [1.807, 2.05) is 244 Å². The highest BCUT2D eigenvalue weighted by Crippen LogP contribution is 2.35. The summed E-state index contributed by atoms with van der Waals surface area (Å²) in [5, 5.41) is 0. The molecule has 0 aliphatic carbocycles. The van der Waals surface area contributed by atoms with Crippen LogP contribution in [0.4, 0.5) is 0 Å². The van der Waals surface area contributed by atoms with Gasteiger partial charge in [-0.1, -0.05) is 122 Å². The lowest BCUT2D eigenvalue weighted by molar-refractivity contribution is 0.240. The fourth-order valence-electron chi connectivity index (χ4n) is 13.6. The van der Waals surface area contributed by atoms with E-state index in [0.717, 1.165) is 134 Å². The van der Waals surface area contributed by atoms with Gasteiger partial charge in [-0.3, -0.25) is 0 Å². The zero-order valence-electron chi connectivity index (χ0n) is 81.1. The predicted molar refractivity (Wildman–Crippen MR) is 651 cm³/mol. The van der Waals surface area contributed by atoms with E-state index in [1.54, 1.807) is 13.1 Å². The quantitative estimate of drug-likeness (QED) is 0.0103. The summed E-state index contributed by atoms with van der Waals surface area (Å²) < 4.78 is 112. The molecule has 14 atom stereocenters. The van der Waals surface area contributed by atoms with Gasteiger partial charge in [0.15, 0.2) is 85.6 Å². The highest BCUT2D eigenvalue weighted by atomic mass is 127. The Morgan fingerprint density at radius 1 is 0.291 bits per heavy atom. The predicted octanol–water partition coefficient (Wildman–Crippen LogP) is 20.8. The summed E-state index contributed by atoms with van der Waals surface area (Å²) in [6.45, 7) is 21.6. The molecule has 2 aliphatic rings. The van der Waals surface area contributed by atoms with E-state index in [2.05, 4.69) is 118 Å². The first kappa shape index (κ1) is 129. The second-order valence-corrected chi connectivity index (χ2v) is 132. The van der Waals surface area contributed by atoms with Crippen LogP contribution in [-0.4, -0.2) is 231 Å². The monoisotopic (exact) mass is 2760 g/mol. The summed E-state index contributed by atoms with van der Waals surface area (Å²) >= 11 is 58.5. The Bertz CT molecular complexity index is 4530. The summed E-state index contributed by atoms with van der Waals surface area (Å²) in [6.07, 6.45) is 7.38. The average Bonchev–Trinajstić information content (AvgIpc) is 1.69. The fraction of sp³-hybridized carbons (Fsp3) is 0.393. The Kier molecular flexibility index (Phi) is 67.4. The third kappa shape index (κ3) is 61.2. The molecule has 2 heterocycles. The molecule has 14 unspecified atom stereocenters. The number of ether oxygens (including phenoxy) is 9. The molecular weight excluding hydrogens is 2630 g/mol. The molecule has 0 amide bonds. The molecule has 2 fully saturated rings. The molecule has 0 spiro atoms. The molecule has 0 bridgehead atoms. The Labute approximate surface area is 944 Å². The van der Waals surface area contributed by atoms with E-state index in [1.165, 1.54) is 10.7 Å². The summed E-state index contributed by atoms with van der Waals surface area (Å²) in [4.78, 5) is 48.6. The molecule has 141 heavy (non-hydrogen) atoms. The zero-order chi connectivity index (χ0) is 103. The number of para-hydroxylation sites is 6. The minimum absolute atomic E-state index is 0.549. The molecule has 11 rings (SSSR count). The highest BCUT2D eigenvalue weighted by molar-refractivity contribution is 14.1. The van der Waals surface area contributed by atoms with Gasteiger partial charge in [-0.2, -0.15) is 0 Å². The number of benzene rings is 9. The van der Waals surface area contributed by atoms with Crippen LogP contribution in [0.15, 0.2) is 255 Å². The van der Waals surface area contributed by atoms with E-state index in [4.69, 9.17) is 190 Å². The van der Waals surface area contributed by atoms with Gasteiger partial charge in [0.2, 0.25) is 8.08 Å². The standard InChI is InChI=1S/C30H45I3O8Si6.C30H48O8Si6.3C9H11Cl3OSi.C2H12O3Si3/c1-42(22-4-19-35-28-13-7-25(31)8-14-28)39-47(24-6-21-37-30-17-11-27(33)12-18-30)40-45(38-44(3)46(41-47)43(2)34)23-5-20-36-29-15-9-26(32)10-16-29;1-39(25-13-22-32-28-16-7-4-8-17-28)36-44(27-15-24-34-30-20-11-6-12-21-30)37-42(35-41(3)43(38-44)40(2)31)26-14-23-33-29-18-9-5-10-19-29;3*10-14(11,12)8-4-7-13-9-5-2-1-3-6-9;1-6(3)8(5)7(2)4/h7-18,34,42-46H,4-6,19-24H2,1-3H3;4-12,16-21,31,39-43H,13-15,22-27H2,1-3H3;3*1-3,5-6H,4,7-8H2;3-8H,1-2H3. The van der Waals surface area contributed by atoms with Gasteiger partial charge in [-0.25, -0.2) is 0 Å². The second-order valence-electron chi connectivity index (χ2n) is 33.4. The summed E-state index contributed by atoms with van der Waals surface area (Å²) in [7, 11) is -30.9. The Morgan fingerprint density at radius 2 is 0.504 bits per heavy atom. The summed E-state index contributed by atoms with van der Waals surface area (Å²) in [6, 6.07) is 82.4. The molecule has 52 heteroatoms. The molecule has 2 saturated heterocycles. The highest BCUT2D eigenvalue weighted by Gasteiger charge is 2.54. The van der Waals surface area contributed by atoms with Crippen molar-refractivity contribution in [2.45, 2.75) is 165 Å². The van der Waals surface area contributed by atoms with Gasteiger partial charge in [0.1, 0.15) is 51.7 Å². The van der Waals surface area contributed by atoms with Crippen LogP contribution in [0.25, 0.3) is 0 Å². The lowest BCUT2D eigenvalue weighted by Gasteiger charge is -2.35. The molecule has 0 radical (unpaired) electrons. The maximum absolute atomic E-state index is 11.0. The van der Waals surface area contributed by atoms with Crippen molar-refractivity contribution in [1.82, 2.24) is 0 Å². The van der Waals surface area contributed by atoms with Gasteiger partial charge < -0.3 is 99.5 Å². The molecule has 5 N–H and O–H groups in total. The molecule has 0 aromatic heterocycles. The lowest BCUT2D eigenvalue weighted by Crippen LogP contribution is -2.58. The molecule has 9 aromatic rings. The number of hydrogen-bond donors (Lipinski definition) is 5. The minimum Gasteiger partial charge on any atom is -0.494 e. The van der Waals surface area contributed by atoms with Gasteiger partial charge in [-0.05, 0) is 353 Å². The SMILES string of the molecule is C[SiH](CCCOc1ccc(I)cc1)O[Si]1(CCCOc2ccc(I)cc2)O[SiH](CCCOc2ccc(I)cc2)O[SiH](C)[SiH]([SiH](C)O)O1.C[SiH](CCCOc1ccccc1)O[Si]1(CCCOc2ccccc2)O[SiH](CCCOc2ccccc2)O[SiH](C)[SiH]([SiH](C)O)O1.C[SiH](O)[SiH](O)[SiH](C)O.Cl[Si](Cl)(Cl)CCCOc1ccccc1.Cl[Si](Cl)(Cl)CCCOc1ccccc1.Cl[Si](Cl)(Cl)CCCOc1ccccc1. The lowest BCUT2D eigenvalue weighted by atomic mass is 10.3. The number of hydrogen-bond acceptors (Lipinski definition) is 22. The maximum atomic E-state index is 11.0. The average molecular weight is 2770 g/mol. The van der Waals surface area contributed by atoms with Gasteiger partial charge in [0.25, 0.3) is 0 Å². The second kappa shape index (κ2) is 73.6. The summed E-state index contributed by atoms with van der Waals surface area (Å²) in [5.74, 6) is 7.81.